The summed E-state index contributed by atoms with van der Waals surface area (Å²) in [6.07, 6.45) is -0.594. The molecule has 208 valence electrons. The van der Waals surface area contributed by atoms with E-state index in [-0.39, 0.29) is 37.0 Å². The molecule has 3 aromatic carbocycles. The molecule has 10 heteroatoms. The molecule has 0 aliphatic heterocycles. The van der Waals surface area contributed by atoms with Gasteiger partial charge in [-0.15, -0.1) is 0 Å². The molecular formula is C30H31N3O7. The van der Waals surface area contributed by atoms with Gasteiger partial charge in [0.2, 0.25) is 5.91 Å². The Labute approximate surface area is 231 Å². The first kappa shape index (κ1) is 28.3. The minimum atomic E-state index is -1.30. The van der Waals surface area contributed by atoms with Gasteiger partial charge in [-0.25, -0.2) is 9.59 Å². The molecule has 2 unspecified atom stereocenters. The van der Waals surface area contributed by atoms with Gasteiger partial charge in [0.1, 0.15) is 18.7 Å². The van der Waals surface area contributed by atoms with Crippen LogP contribution in [0, 0.1) is 16.0 Å². The van der Waals surface area contributed by atoms with Gasteiger partial charge in [-0.1, -0.05) is 74.5 Å². The highest BCUT2D eigenvalue weighted by Crippen LogP contribution is 2.44. The lowest BCUT2D eigenvalue weighted by molar-refractivity contribution is -0.384. The number of benzene rings is 3. The largest absolute Gasteiger partial charge is 0.480 e. The molecule has 3 aromatic rings. The molecule has 10 nitrogen and oxygen atoms in total. The van der Waals surface area contributed by atoms with Crippen molar-refractivity contribution in [1.29, 1.82) is 0 Å². The first-order valence-electron chi connectivity index (χ1n) is 13.0. The summed E-state index contributed by atoms with van der Waals surface area (Å²) in [5, 5.41) is 25.7. The zero-order chi connectivity index (χ0) is 28.8. The van der Waals surface area contributed by atoms with Crippen LogP contribution in [0.5, 0.6) is 0 Å². The third-order valence-electron chi connectivity index (χ3n) is 6.86. The number of hydrogen-bond donors (Lipinski definition) is 3. The summed E-state index contributed by atoms with van der Waals surface area (Å²) in [6.45, 7) is 3.84. The molecule has 4 rings (SSSR count). The zero-order valence-corrected chi connectivity index (χ0v) is 22.2. The number of carbonyl (C=O) groups excluding carboxylic acids is 2. The third kappa shape index (κ3) is 6.63. The van der Waals surface area contributed by atoms with Crippen LogP contribution in [0.4, 0.5) is 10.5 Å². The number of nitro benzene ring substituents is 1. The lowest BCUT2D eigenvalue weighted by Gasteiger charge is -2.23. The van der Waals surface area contributed by atoms with Crippen LogP contribution in [-0.2, 0) is 20.7 Å². The van der Waals surface area contributed by atoms with E-state index < -0.39 is 35.0 Å². The predicted molar refractivity (Wildman–Crippen MR) is 148 cm³/mol. The van der Waals surface area contributed by atoms with Crippen molar-refractivity contribution in [2.24, 2.45) is 5.92 Å². The molecule has 1 aliphatic rings. The molecule has 1 aliphatic carbocycles. The zero-order valence-electron chi connectivity index (χ0n) is 22.2. The smallest absolute Gasteiger partial charge is 0.407 e. The minimum absolute atomic E-state index is 0.0163. The Hall–Kier alpha value is -4.73. The number of carbonyl (C=O) groups is 3. The Balaban J connectivity index is 1.40. The molecule has 0 heterocycles. The van der Waals surface area contributed by atoms with Gasteiger partial charge in [0, 0.05) is 24.5 Å². The van der Waals surface area contributed by atoms with Gasteiger partial charge < -0.3 is 20.5 Å². The Morgan fingerprint density at radius 3 is 2.00 bits per heavy atom. The van der Waals surface area contributed by atoms with Crippen molar-refractivity contribution >= 4 is 23.7 Å². The maximum atomic E-state index is 13.1. The highest BCUT2D eigenvalue weighted by Gasteiger charge is 2.31. The Morgan fingerprint density at radius 2 is 1.48 bits per heavy atom. The number of ether oxygens (including phenoxy) is 1. The van der Waals surface area contributed by atoms with E-state index in [4.69, 9.17) is 4.74 Å². The van der Waals surface area contributed by atoms with E-state index in [2.05, 4.69) is 10.6 Å². The number of non-ortho nitro benzene ring substituents is 1. The van der Waals surface area contributed by atoms with Crippen molar-refractivity contribution in [3.63, 3.8) is 0 Å². The molecule has 0 saturated carbocycles. The Bertz CT molecular complexity index is 1360. The minimum Gasteiger partial charge on any atom is -0.480 e. The van der Waals surface area contributed by atoms with Crippen molar-refractivity contribution in [1.82, 2.24) is 10.6 Å². The van der Waals surface area contributed by atoms with Gasteiger partial charge in [0.25, 0.3) is 5.69 Å². The van der Waals surface area contributed by atoms with Crippen LogP contribution in [0.2, 0.25) is 0 Å². The number of amides is 2. The second kappa shape index (κ2) is 12.4. The maximum Gasteiger partial charge on any atom is 0.407 e. The van der Waals surface area contributed by atoms with Crippen molar-refractivity contribution in [2.45, 2.75) is 44.7 Å². The molecule has 40 heavy (non-hydrogen) atoms. The summed E-state index contributed by atoms with van der Waals surface area (Å²) in [5.41, 5.74) is 4.69. The van der Waals surface area contributed by atoms with E-state index >= 15 is 0 Å². The van der Waals surface area contributed by atoms with E-state index in [0.717, 1.165) is 22.3 Å². The quantitative estimate of drug-likeness (QED) is 0.234. The van der Waals surface area contributed by atoms with Gasteiger partial charge in [0.15, 0.2) is 0 Å². The van der Waals surface area contributed by atoms with Crippen LogP contribution in [0.25, 0.3) is 11.1 Å². The van der Waals surface area contributed by atoms with Crippen molar-refractivity contribution in [3.05, 3.63) is 99.6 Å². The monoisotopic (exact) mass is 545 g/mol. The van der Waals surface area contributed by atoms with Crippen LogP contribution in [-0.4, -0.2) is 46.7 Å². The first-order valence-corrected chi connectivity index (χ1v) is 13.0. The molecule has 0 bridgehead atoms. The summed E-state index contributed by atoms with van der Waals surface area (Å²) >= 11 is 0. The summed E-state index contributed by atoms with van der Waals surface area (Å²) in [7, 11) is 0. The number of nitrogens with one attached hydrogen (secondary N) is 2. The summed E-state index contributed by atoms with van der Waals surface area (Å²) in [4.78, 5) is 48.2. The normalized spacial score (nSPS) is 13.6. The number of nitrogens with zero attached hydrogens (tertiary/aromatic N) is 1. The van der Waals surface area contributed by atoms with E-state index in [0.29, 0.717) is 5.56 Å². The van der Waals surface area contributed by atoms with Gasteiger partial charge in [-0.05, 0) is 40.2 Å². The van der Waals surface area contributed by atoms with Crippen LogP contribution >= 0.6 is 0 Å². The fourth-order valence-corrected chi connectivity index (χ4v) is 4.95. The van der Waals surface area contributed by atoms with E-state index in [1.165, 1.54) is 24.3 Å². The highest BCUT2D eigenvalue weighted by molar-refractivity contribution is 5.89. The SMILES string of the molecule is CC(C)CC(NC(=O)OCC1c2ccccc2-c2ccccc21)C(=O)NC(Cc1ccc([N+](=O)[O-])cc1)C(=O)O. The van der Waals surface area contributed by atoms with Crippen LogP contribution in [0.3, 0.4) is 0 Å². The van der Waals surface area contributed by atoms with E-state index in [9.17, 15) is 29.6 Å². The summed E-state index contributed by atoms with van der Waals surface area (Å²) < 4.78 is 5.58. The number of carboxylic acid groups (broad SMARTS) is 1. The van der Waals surface area contributed by atoms with E-state index in [1.54, 1.807) is 0 Å². The molecule has 0 radical (unpaired) electrons. The van der Waals surface area contributed by atoms with Crippen molar-refractivity contribution in [2.75, 3.05) is 6.61 Å². The van der Waals surface area contributed by atoms with Crippen LogP contribution in [0.1, 0.15) is 42.9 Å². The highest BCUT2D eigenvalue weighted by atomic mass is 16.6. The third-order valence-corrected chi connectivity index (χ3v) is 6.86. The van der Waals surface area contributed by atoms with Gasteiger partial charge in [-0.2, -0.15) is 0 Å². The number of rotatable bonds is 11. The molecular weight excluding hydrogens is 514 g/mol. The summed E-state index contributed by atoms with van der Waals surface area (Å²) in [6, 6.07) is 19.0. The van der Waals surface area contributed by atoms with Gasteiger partial charge in [0.05, 0.1) is 4.92 Å². The lowest BCUT2D eigenvalue weighted by Crippen LogP contribution is -2.52. The number of alkyl carbamates (subject to hydrolysis) is 1. The average molecular weight is 546 g/mol. The number of aliphatic carboxylic acids is 1. The van der Waals surface area contributed by atoms with Gasteiger partial charge in [-0.3, -0.25) is 14.9 Å². The number of carboxylic acids is 1. The van der Waals surface area contributed by atoms with Crippen LogP contribution < -0.4 is 10.6 Å². The molecule has 2 amide bonds. The predicted octanol–water partition coefficient (Wildman–Crippen LogP) is 4.66. The second-order valence-corrected chi connectivity index (χ2v) is 10.2. The standard InChI is InChI=1S/C30H31N3O7/c1-18(2)15-26(28(34)31-27(29(35)36)16-19-11-13-20(14-12-19)33(38)39)32-30(37)40-17-25-23-9-5-3-7-21(23)22-8-4-6-10-24(22)25/h3-14,18,25-27H,15-17H2,1-2H3,(H,31,34)(H,32,37)(H,35,36). The second-order valence-electron chi connectivity index (χ2n) is 10.2. The van der Waals surface area contributed by atoms with Gasteiger partial charge >= 0.3 is 12.1 Å². The number of hydrogen-bond acceptors (Lipinski definition) is 6. The first-order chi connectivity index (χ1) is 19.1. The number of fused-ring (bicyclic) bond motifs is 3. The fourth-order valence-electron chi connectivity index (χ4n) is 4.95. The summed E-state index contributed by atoms with van der Waals surface area (Å²) in [5.74, 6) is -2.05. The van der Waals surface area contributed by atoms with Crippen LogP contribution in [0.15, 0.2) is 72.8 Å². The molecule has 0 aromatic heterocycles. The lowest BCUT2D eigenvalue weighted by atomic mass is 9.98. The topological polar surface area (TPSA) is 148 Å². The van der Waals surface area contributed by atoms with E-state index in [1.807, 2.05) is 62.4 Å². The van der Waals surface area contributed by atoms with Crippen molar-refractivity contribution in [3.8, 4) is 11.1 Å². The Morgan fingerprint density at radius 1 is 0.900 bits per heavy atom. The Kier molecular flexibility index (Phi) is 8.78. The maximum absolute atomic E-state index is 13.1. The molecule has 2 atom stereocenters. The van der Waals surface area contributed by atoms with Crippen molar-refractivity contribution < 1.29 is 29.2 Å². The fraction of sp³-hybridized carbons (Fsp3) is 0.300. The molecule has 0 spiro atoms. The molecule has 0 fully saturated rings. The molecule has 3 N–H and O–H groups in total. The average Bonchev–Trinajstić information content (AvgIpc) is 3.24. The molecule has 0 saturated heterocycles. The number of nitro groups is 1.